The standard InChI is InChI=1S/C20H24N4O4S2/c1-20(2,6-8-29-19-22-7-9-30-19)24-18(26)17(25)23-13-4-5-14(15(10-13)27-3)16-11-21-12-28-16/h4-5,7,9-10,12,16H,6,8,11H2,1-3H3,(H,23,25)(H,24,26). The van der Waals surface area contributed by atoms with Crippen LogP contribution >= 0.6 is 23.1 Å². The summed E-state index contributed by atoms with van der Waals surface area (Å²) in [6.45, 7) is 4.30. The highest BCUT2D eigenvalue weighted by molar-refractivity contribution is 8.00. The van der Waals surface area contributed by atoms with Crippen LogP contribution in [0.2, 0.25) is 0 Å². The van der Waals surface area contributed by atoms with E-state index in [2.05, 4.69) is 20.6 Å². The van der Waals surface area contributed by atoms with Gasteiger partial charge in [0.25, 0.3) is 0 Å². The Bertz CT molecular complexity index is 908. The van der Waals surface area contributed by atoms with Gasteiger partial charge in [0.15, 0.2) is 6.40 Å². The van der Waals surface area contributed by atoms with Crippen molar-refractivity contribution in [3.63, 3.8) is 0 Å². The summed E-state index contributed by atoms with van der Waals surface area (Å²) in [4.78, 5) is 33.0. The molecule has 8 nitrogen and oxygen atoms in total. The summed E-state index contributed by atoms with van der Waals surface area (Å²) < 4.78 is 11.8. The number of ether oxygens (including phenoxy) is 2. The summed E-state index contributed by atoms with van der Waals surface area (Å²) >= 11 is 3.21. The van der Waals surface area contributed by atoms with Gasteiger partial charge in [0, 0.05) is 40.2 Å². The van der Waals surface area contributed by atoms with Crippen molar-refractivity contribution in [3.8, 4) is 5.75 Å². The van der Waals surface area contributed by atoms with Crippen LogP contribution in [0.5, 0.6) is 5.75 Å². The molecule has 160 valence electrons. The molecule has 30 heavy (non-hydrogen) atoms. The van der Waals surface area contributed by atoms with E-state index in [4.69, 9.17) is 9.47 Å². The summed E-state index contributed by atoms with van der Waals surface area (Å²) in [5.41, 5.74) is 0.767. The number of thiazole rings is 1. The topological polar surface area (TPSA) is 102 Å². The van der Waals surface area contributed by atoms with E-state index in [1.807, 2.05) is 19.2 Å². The molecule has 0 saturated carbocycles. The van der Waals surface area contributed by atoms with E-state index in [-0.39, 0.29) is 6.10 Å². The third-order valence-electron chi connectivity index (χ3n) is 4.43. The van der Waals surface area contributed by atoms with Gasteiger partial charge in [-0.1, -0.05) is 11.8 Å². The Kier molecular flexibility index (Phi) is 7.33. The molecular weight excluding hydrogens is 424 g/mol. The van der Waals surface area contributed by atoms with E-state index in [1.165, 1.54) is 6.40 Å². The van der Waals surface area contributed by atoms with Crippen LogP contribution in [0.25, 0.3) is 0 Å². The summed E-state index contributed by atoms with van der Waals surface area (Å²) in [6, 6.07) is 5.17. The van der Waals surface area contributed by atoms with Gasteiger partial charge >= 0.3 is 11.8 Å². The van der Waals surface area contributed by atoms with E-state index >= 15 is 0 Å². The van der Waals surface area contributed by atoms with E-state index < -0.39 is 17.4 Å². The summed E-state index contributed by atoms with van der Waals surface area (Å²) in [5.74, 6) is -0.0717. The first-order chi connectivity index (χ1) is 14.4. The minimum absolute atomic E-state index is 0.212. The first-order valence-electron chi connectivity index (χ1n) is 9.35. The number of hydrogen-bond donors (Lipinski definition) is 2. The highest BCUT2D eigenvalue weighted by atomic mass is 32.2. The number of nitrogens with zero attached hydrogens (tertiary/aromatic N) is 2. The van der Waals surface area contributed by atoms with E-state index in [1.54, 1.807) is 54.6 Å². The first kappa shape index (κ1) is 22.1. The molecule has 2 heterocycles. The quantitative estimate of drug-likeness (QED) is 0.475. The van der Waals surface area contributed by atoms with Gasteiger partial charge in [0.2, 0.25) is 0 Å². The number of aliphatic imine (C=N–C) groups is 1. The van der Waals surface area contributed by atoms with Gasteiger partial charge in [-0.15, -0.1) is 11.3 Å². The zero-order chi connectivity index (χ0) is 21.6. The molecule has 2 aromatic rings. The maximum Gasteiger partial charge on any atom is 0.313 e. The average molecular weight is 449 g/mol. The molecule has 0 radical (unpaired) electrons. The van der Waals surface area contributed by atoms with Crippen molar-refractivity contribution in [3.05, 3.63) is 35.3 Å². The Morgan fingerprint density at radius 3 is 2.87 bits per heavy atom. The molecule has 0 spiro atoms. The molecule has 0 bridgehead atoms. The Morgan fingerprint density at radius 1 is 1.37 bits per heavy atom. The Balaban J connectivity index is 1.53. The van der Waals surface area contributed by atoms with E-state index in [0.717, 1.165) is 15.7 Å². The number of rotatable bonds is 8. The second-order valence-corrected chi connectivity index (χ2v) is 9.48. The van der Waals surface area contributed by atoms with Gasteiger partial charge in [-0.2, -0.15) is 0 Å². The molecule has 0 saturated heterocycles. The number of carbonyl (C=O) groups excluding carboxylic acids is 2. The van der Waals surface area contributed by atoms with Crippen molar-refractivity contribution >= 4 is 47.0 Å². The number of benzene rings is 1. The number of carbonyl (C=O) groups is 2. The average Bonchev–Trinajstić information content (AvgIpc) is 3.41. The second-order valence-electron chi connectivity index (χ2n) is 7.24. The molecule has 0 aliphatic carbocycles. The summed E-state index contributed by atoms with van der Waals surface area (Å²) in [5, 5.41) is 7.34. The van der Waals surface area contributed by atoms with Gasteiger partial charge in [-0.05, 0) is 32.4 Å². The number of nitrogens with one attached hydrogen (secondary N) is 2. The monoisotopic (exact) mass is 448 g/mol. The molecule has 1 unspecified atom stereocenters. The number of anilines is 1. The Hall–Kier alpha value is -2.59. The number of hydrogen-bond acceptors (Lipinski definition) is 8. The maximum atomic E-state index is 12.4. The van der Waals surface area contributed by atoms with Crippen LogP contribution in [0.3, 0.4) is 0 Å². The number of thioether (sulfide) groups is 1. The van der Waals surface area contributed by atoms with Gasteiger partial charge in [0.05, 0.1) is 13.7 Å². The second kappa shape index (κ2) is 9.94. The van der Waals surface area contributed by atoms with Crippen molar-refractivity contribution in [1.82, 2.24) is 10.3 Å². The van der Waals surface area contributed by atoms with Gasteiger partial charge in [-0.3, -0.25) is 14.6 Å². The van der Waals surface area contributed by atoms with Crippen LogP contribution in [0.15, 0.2) is 39.1 Å². The molecular formula is C20H24N4O4S2. The highest BCUT2D eigenvalue weighted by Gasteiger charge is 2.25. The van der Waals surface area contributed by atoms with Crippen LogP contribution in [0.1, 0.15) is 31.9 Å². The van der Waals surface area contributed by atoms with E-state index in [9.17, 15) is 9.59 Å². The fourth-order valence-corrected chi connectivity index (χ4v) is 4.79. The normalized spacial score (nSPS) is 15.5. The first-order valence-corrected chi connectivity index (χ1v) is 11.2. The molecule has 1 aromatic carbocycles. The molecule has 1 aliphatic rings. The highest BCUT2D eigenvalue weighted by Crippen LogP contribution is 2.32. The fourth-order valence-electron chi connectivity index (χ4n) is 2.81. The van der Waals surface area contributed by atoms with Crippen molar-refractivity contribution in [2.75, 3.05) is 24.7 Å². The third kappa shape index (κ3) is 5.96. The number of amides is 2. The van der Waals surface area contributed by atoms with Gasteiger partial charge in [-0.25, -0.2) is 4.98 Å². The van der Waals surface area contributed by atoms with Crippen molar-refractivity contribution in [2.45, 2.75) is 36.3 Å². The van der Waals surface area contributed by atoms with Crippen LogP contribution < -0.4 is 15.4 Å². The zero-order valence-corrected chi connectivity index (χ0v) is 18.6. The summed E-state index contributed by atoms with van der Waals surface area (Å²) in [7, 11) is 1.54. The minimum atomic E-state index is -0.731. The van der Waals surface area contributed by atoms with Crippen LogP contribution in [0, 0.1) is 0 Å². The van der Waals surface area contributed by atoms with Crippen LogP contribution in [-0.4, -0.2) is 48.1 Å². The third-order valence-corrected chi connectivity index (χ3v) is 6.40. The van der Waals surface area contributed by atoms with Crippen molar-refractivity contribution < 1.29 is 19.1 Å². The molecule has 2 N–H and O–H groups in total. The van der Waals surface area contributed by atoms with Crippen molar-refractivity contribution in [2.24, 2.45) is 4.99 Å². The molecule has 2 amide bonds. The van der Waals surface area contributed by atoms with Crippen LogP contribution in [-0.2, 0) is 14.3 Å². The SMILES string of the molecule is COc1cc(NC(=O)C(=O)NC(C)(C)CCSc2nccs2)ccc1C1CN=CO1. The zero-order valence-electron chi connectivity index (χ0n) is 17.0. The minimum Gasteiger partial charge on any atom is -0.496 e. The molecule has 0 fully saturated rings. The lowest BCUT2D eigenvalue weighted by Crippen LogP contribution is -2.48. The smallest absolute Gasteiger partial charge is 0.313 e. The lowest BCUT2D eigenvalue weighted by atomic mass is 10.0. The molecule has 1 aliphatic heterocycles. The van der Waals surface area contributed by atoms with Gasteiger partial charge in [0.1, 0.15) is 16.2 Å². The Morgan fingerprint density at radius 2 is 2.20 bits per heavy atom. The summed E-state index contributed by atoms with van der Waals surface area (Å²) in [6.07, 6.45) is 3.67. The largest absolute Gasteiger partial charge is 0.496 e. The van der Waals surface area contributed by atoms with E-state index in [0.29, 0.717) is 24.4 Å². The predicted molar refractivity (Wildman–Crippen MR) is 118 cm³/mol. The molecule has 3 rings (SSSR count). The lowest BCUT2D eigenvalue weighted by molar-refractivity contribution is -0.137. The molecule has 1 aromatic heterocycles. The van der Waals surface area contributed by atoms with Crippen molar-refractivity contribution in [1.29, 1.82) is 0 Å². The van der Waals surface area contributed by atoms with Crippen LogP contribution in [0.4, 0.5) is 5.69 Å². The molecule has 10 heteroatoms. The predicted octanol–water partition coefficient (Wildman–Crippen LogP) is 3.27. The van der Waals surface area contributed by atoms with Gasteiger partial charge < -0.3 is 20.1 Å². The fraction of sp³-hybridized carbons (Fsp3) is 0.400. The number of aromatic nitrogens is 1. The molecule has 1 atom stereocenters. The number of methoxy groups -OCH3 is 1. The lowest BCUT2D eigenvalue weighted by Gasteiger charge is -2.25. The maximum absolute atomic E-state index is 12.4. The Labute approximate surface area is 183 Å².